The third-order valence-electron chi connectivity index (χ3n) is 3.49. The first kappa shape index (κ1) is 13.5. The number of amides is 2. The van der Waals surface area contributed by atoms with Crippen LogP contribution in [0.5, 0.6) is 0 Å². The van der Waals surface area contributed by atoms with Crippen LogP contribution in [-0.4, -0.2) is 73.1 Å². The highest BCUT2D eigenvalue weighted by Gasteiger charge is 2.40. The van der Waals surface area contributed by atoms with Crippen LogP contribution in [0, 0.1) is 0 Å². The molecule has 1 atom stereocenters. The number of hydrogen-bond donors (Lipinski definition) is 1. The van der Waals surface area contributed by atoms with Gasteiger partial charge in [0.05, 0.1) is 31.3 Å². The molecule has 2 saturated heterocycles. The van der Waals surface area contributed by atoms with Gasteiger partial charge >= 0.3 is 0 Å². The van der Waals surface area contributed by atoms with Gasteiger partial charge in [0.2, 0.25) is 11.8 Å². The van der Waals surface area contributed by atoms with Crippen molar-refractivity contribution in [2.75, 3.05) is 39.8 Å². The third-order valence-corrected chi connectivity index (χ3v) is 3.49. The van der Waals surface area contributed by atoms with Crippen molar-refractivity contribution in [2.45, 2.75) is 25.5 Å². The minimum absolute atomic E-state index is 0.0782. The van der Waals surface area contributed by atoms with Gasteiger partial charge in [-0.1, -0.05) is 0 Å². The number of ether oxygens (including phenoxy) is 1. The van der Waals surface area contributed by atoms with Gasteiger partial charge in [-0.05, 0) is 20.9 Å². The van der Waals surface area contributed by atoms with Crippen molar-refractivity contribution in [3.8, 4) is 0 Å². The Balaban J connectivity index is 2.02. The Bertz CT molecular complexity index is 356. The number of rotatable bonds is 2. The third kappa shape index (κ3) is 2.71. The van der Waals surface area contributed by atoms with Crippen molar-refractivity contribution < 1.29 is 14.3 Å². The maximum atomic E-state index is 12.2. The summed E-state index contributed by atoms with van der Waals surface area (Å²) in [5.74, 6) is -0.341. The lowest BCUT2D eigenvalue weighted by atomic mass is 10.00. The molecular formula is C12H21N3O3. The number of piperazine rings is 1. The highest BCUT2D eigenvalue weighted by Crippen LogP contribution is 2.15. The molecule has 6 nitrogen and oxygen atoms in total. The van der Waals surface area contributed by atoms with E-state index in [1.54, 1.807) is 13.8 Å². The highest BCUT2D eigenvalue weighted by atomic mass is 16.5. The largest absolute Gasteiger partial charge is 0.374 e. The van der Waals surface area contributed by atoms with Gasteiger partial charge in [-0.3, -0.25) is 19.8 Å². The van der Waals surface area contributed by atoms with E-state index < -0.39 is 5.54 Å². The summed E-state index contributed by atoms with van der Waals surface area (Å²) < 4.78 is 5.61. The number of carbonyl (C=O) groups excluding carboxylic acids is 2. The molecule has 102 valence electrons. The average molecular weight is 255 g/mol. The van der Waals surface area contributed by atoms with Crippen molar-refractivity contribution in [1.82, 2.24) is 15.1 Å². The molecule has 0 saturated carbocycles. The van der Waals surface area contributed by atoms with E-state index in [0.717, 1.165) is 13.1 Å². The van der Waals surface area contributed by atoms with E-state index in [-0.39, 0.29) is 24.5 Å². The summed E-state index contributed by atoms with van der Waals surface area (Å²) in [7, 11) is 2.01. The molecule has 18 heavy (non-hydrogen) atoms. The van der Waals surface area contributed by atoms with E-state index >= 15 is 0 Å². The van der Waals surface area contributed by atoms with Gasteiger partial charge in [0, 0.05) is 13.1 Å². The maximum absolute atomic E-state index is 12.2. The van der Waals surface area contributed by atoms with Gasteiger partial charge in [0.25, 0.3) is 0 Å². The summed E-state index contributed by atoms with van der Waals surface area (Å²) in [5.41, 5.74) is -0.672. The zero-order chi connectivity index (χ0) is 13.3. The Morgan fingerprint density at radius 3 is 2.83 bits per heavy atom. The molecule has 0 aromatic heterocycles. The van der Waals surface area contributed by atoms with E-state index in [9.17, 15) is 9.59 Å². The van der Waals surface area contributed by atoms with Crippen molar-refractivity contribution in [3.63, 3.8) is 0 Å². The molecule has 2 aliphatic rings. The molecule has 2 rings (SSSR count). The number of nitrogens with zero attached hydrogens (tertiary/aromatic N) is 2. The molecule has 0 aliphatic carbocycles. The fraction of sp³-hybridized carbons (Fsp3) is 0.833. The van der Waals surface area contributed by atoms with Crippen LogP contribution in [0.25, 0.3) is 0 Å². The van der Waals surface area contributed by atoms with E-state index in [2.05, 4.69) is 10.2 Å². The number of nitrogens with one attached hydrogen (secondary N) is 1. The lowest BCUT2D eigenvalue weighted by Crippen LogP contribution is -2.65. The van der Waals surface area contributed by atoms with Crippen molar-refractivity contribution in [1.29, 1.82) is 0 Å². The fourth-order valence-corrected chi connectivity index (χ4v) is 2.28. The van der Waals surface area contributed by atoms with Gasteiger partial charge in [-0.15, -0.1) is 0 Å². The monoisotopic (exact) mass is 255 g/mol. The van der Waals surface area contributed by atoms with Gasteiger partial charge in [-0.25, -0.2) is 0 Å². The fourth-order valence-electron chi connectivity index (χ4n) is 2.28. The summed E-state index contributed by atoms with van der Waals surface area (Å²) >= 11 is 0. The second-order valence-electron chi connectivity index (χ2n) is 5.54. The molecule has 0 aromatic rings. The number of hydrogen-bond acceptors (Lipinski definition) is 5. The van der Waals surface area contributed by atoms with Crippen LogP contribution in [0.1, 0.15) is 13.8 Å². The Morgan fingerprint density at radius 1 is 1.44 bits per heavy atom. The Kier molecular flexibility index (Phi) is 3.70. The average Bonchev–Trinajstić information content (AvgIpc) is 2.31. The molecule has 0 radical (unpaired) electrons. The highest BCUT2D eigenvalue weighted by molar-refractivity contribution is 6.03. The van der Waals surface area contributed by atoms with Gasteiger partial charge in [0.15, 0.2) is 0 Å². The first-order valence-electron chi connectivity index (χ1n) is 6.30. The standard InChI is InChI=1S/C12H21N3O3/c1-12(2)11(17)15(10(16)6-13-12)8-9-7-14(3)4-5-18-9/h9,13H,4-8H2,1-3H3. The summed E-state index contributed by atoms with van der Waals surface area (Å²) in [4.78, 5) is 27.5. The summed E-state index contributed by atoms with van der Waals surface area (Å²) in [6.07, 6.45) is -0.0782. The first-order valence-corrected chi connectivity index (χ1v) is 6.30. The van der Waals surface area contributed by atoms with E-state index in [1.807, 2.05) is 7.05 Å². The van der Waals surface area contributed by atoms with Crippen LogP contribution < -0.4 is 5.32 Å². The Hall–Kier alpha value is -0.980. The Labute approximate surface area is 107 Å². The molecule has 0 spiro atoms. The number of morpholine rings is 1. The van der Waals surface area contributed by atoms with E-state index in [0.29, 0.717) is 13.2 Å². The molecule has 2 heterocycles. The minimum atomic E-state index is -0.672. The quantitative estimate of drug-likeness (QED) is 0.645. The molecule has 0 bridgehead atoms. The van der Waals surface area contributed by atoms with Crippen LogP contribution in [0.15, 0.2) is 0 Å². The molecule has 2 fully saturated rings. The van der Waals surface area contributed by atoms with E-state index in [4.69, 9.17) is 4.74 Å². The summed E-state index contributed by atoms with van der Waals surface area (Å²) in [6, 6.07) is 0. The molecule has 0 aromatic carbocycles. The predicted octanol–water partition coefficient (Wildman–Crippen LogP) is -0.946. The first-order chi connectivity index (χ1) is 8.40. The van der Waals surface area contributed by atoms with Crippen LogP contribution in [0.2, 0.25) is 0 Å². The topological polar surface area (TPSA) is 61.9 Å². The zero-order valence-electron chi connectivity index (χ0n) is 11.2. The van der Waals surface area contributed by atoms with Crippen molar-refractivity contribution >= 4 is 11.8 Å². The zero-order valence-corrected chi connectivity index (χ0v) is 11.2. The number of imide groups is 1. The SMILES string of the molecule is CN1CCOC(CN2C(=O)CNC(C)(C)C2=O)C1. The van der Waals surface area contributed by atoms with Gasteiger partial charge < -0.3 is 9.64 Å². The van der Waals surface area contributed by atoms with Gasteiger partial charge in [-0.2, -0.15) is 0 Å². The lowest BCUT2D eigenvalue weighted by Gasteiger charge is -2.39. The predicted molar refractivity (Wildman–Crippen MR) is 66.0 cm³/mol. The van der Waals surface area contributed by atoms with Crippen LogP contribution in [0.4, 0.5) is 0 Å². The second-order valence-corrected chi connectivity index (χ2v) is 5.54. The van der Waals surface area contributed by atoms with Gasteiger partial charge in [0.1, 0.15) is 0 Å². The van der Waals surface area contributed by atoms with E-state index in [1.165, 1.54) is 4.90 Å². The molecule has 2 aliphatic heterocycles. The maximum Gasteiger partial charge on any atom is 0.249 e. The van der Waals surface area contributed by atoms with Crippen LogP contribution >= 0.6 is 0 Å². The minimum Gasteiger partial charge on any atom is -0.374 e. The lowest BCUT2D eigenvalue weighted by molar-refractivity contribution is -0.156. The molecular weight excluding hydrogens is 234 g/mol. The number of carbonyl (C=O) groups is 2. The molecule has 2 amide bonds. The molecule has 1 N–H and O–H groups in total. The van der Waals surface area contributed by atoms with Crippen LogP contribution in [-0.2, 0) is 14.3 Å². The molecule has 1 unspecified atom stereocenters. The molecule has 6 heteroatoms. The van der Waals surface area contributed by atoms with Crippen molar-refractivity contribution in [2.24, 2.45) is 0 Å². The summed E-state index contributed by atoms with van der Waals surface area (Å²) in [6.45, 7) is 6.45. The van der Waals surface area contributed by atoms with Crippen molar-refractivity contribution in [3.05, 3.63) is 0 Å². The second kappa shape index (κ2) is 4.95. The smallest absolute Gasteiger partial charge is 0.249 e. The number of likely N-dealkylation sites (N-methyl/N-ethyl adjacent to an activating group) is 1. The van der Waals surface area contributed by atoms with Crippen LogP contribution in [0.3, 0.4) is 0 Å². The summed E-state index contributed by atoms with van der Waals surface area (Å²) in [5, 5.41) is 2.94. The Morgan fingerprint density at radius 2 is 2.17 bits per heavy atom. The normalized spacial score (nSPS) is 29.7.